The zero-order valence-corrected chi connectivity index (χ0v) is 23.7. The van der Waals surface area contributed by atoms with E-state index in [4.69, 9.17) is 9.73 Å². The molecule has 0 saturated heterocycles. The molecule has 8 rings (SSSR count). The van der Waals surface area contributed by atoms with Crippen molar-refractivity contribution in [1.82, 2.24) is 4.57 Å². The smallest absolute Gasteiger partial charge is 0.250 e. The molecule has 0 unspecified atom stereocenters. The van der Waals surface area contributed by atoms with E-state index < -0.39 is 0 Å². The fraction of sp³-hybridized carbons (Fsp3) is 0.588. The molecule has 200 valence electrons. The van der Waals surface area contributed by atoms with Crippen molar-refractivity contribution in [2.24, 2.45) is 28.2 Å². The zero-order valence-electron chi connectivity index (χ0n) is 23.7. The van der Waals surface area contributed by atoms with Crippen LogP contribution in [0.4, 0.5) is 0 Å². The minimum absolute atomic E-state index is 0.278. The van der Waals surface area contributed by atoms with Crippen LogP contribution >= 0.6 is 0 Å². The first-order valence-corrected chi connectivity index (χ1v) is 15.2. The van der Waals surface area contributed by atoms with Crippen LogP contribution in [0.1, 0.15) is 95.6 Å². The Hall–Kier alpha value is -2.62. The highest BCUT2D eigenvalue weighted by molar-refractivity contribution is 5.84. The second-order valence-electron chi connectivity index (χ2n) is 13.6. The molecule has 0 amide bonds. The minimum atomic E-state index is 0.278. The summed E-state index contributed by atoms with van der Waals surface area (Å²) in [5, 5.41) is 0. The number of ether oxygens (including phenoxy) is 1. The number of fused-ring (bicyclic) bond motifs is 1. The van der Waals surface area contributed by atoms with E-state index in [-0.39, 0.29) is 11.5 Å². The maximum atomic E-state index is 6.42. The van der Waals surface area contributed by atoms with Gasteiger partial charge in [0.05, 0.1) is 12.6 Å². The highest BCUT2D eigenvalue weighted by Crippen LogP contribution is 2.61. The predicted molar refractivity (Wildman–Crippen MR) is 154 cm³/mol. The van der Waals surface area contributed by atoms with Crippen molar-refractivity contribution in [3.63, 3.8) is 0 Å². The molecule has 4 aliphatic carbocycles. The number of imidazole rings is 1. The molecule has 1 aromatic heterocycles. The van der Waals surface area contributed by atoms with Crippen LogP contribution in [0.25, 0.3) is 16.7 Å². The maximum absolute atomic E-state index is 6.42. The SMILES string of the molecule is CC(C)c1cccc(C(C)C)c1-n1c[n+](CC[C@H]2COC(C34CC5CC(CC(C5)C3)C4)=N2)c2ccccc21. The lowest BCUT2D eigenvalue weighted by molar-refractivity contribution is -0.672. The molecule has 1 aliphatic heterocycles. The molecule has 2 aromatic carbocycles. The second kappa shape index (κ2) is 9.24. The summed E-state index contributed by atoms with van der Waals surface area (Å²) < 4.78 is 11.3. The maximum Gasteiger partial charge on any atom is 0.250 e. The first-order valence-electron chi connectivity index (χ1n) is 15.2. The van der Waals surface area contributed by atoms with Crippen molar-refractivity contribution in [1.29, 1.82) is 0 Å². The van der Waals surface area contributed by atoms with Gasteiger partial charge in [-0.25, -0.2) is 9.56 Å². The Balaban J connectivity index is 1.17. The van der Waals surface area contributed by atoms with Gasteiger partial charge in [0.25, 0.3) is 0 Å². The Kier molecular flexibility index (Phi) is 5.94. The third kappa shape index (κ3) is 4.01. The van der Waals surface area contributed by atoms with Crippen LogP contribution in [0.2, 0.25) is 0 Å². The third-order valence-corrected chi connectivity index (χ3v) is 10.2. The van der Waals surface area contributed by atoms with Crippen LogP contribution in [0.15, 0.2) is 53.8 Å². The Morgan fingerprint density at radius 1 is 0.895 bits per heavy atom. The molecule has 4 heteroatoms. The molecule has 4 bridgehead atoms. The first-order chi connectivity index (χ1) is 18.4. The molecule has 4 fully saturated rings. The molecule has 3 aromatic rings. The van der Waals surface area contributed by atoms with Crippen LogP contribution in [-0.4, -0.2) is 23.1 Å². The van der Waals surface area contributed by atoms with Crippen LogP contribution in [0, 0.1) is 23.2 Å². The van der Waals surface area contributed by atoms with Gasteiger partial charge < -0.3 is 4.74 Å². The van der Waals surface area contributed by atoms with Crippen molar-refractivity contribution in [3.05, 3.63) is 59.9 Å². The van der Waals surface area contributed by atoms with Gasteiger partial charge in [0.2, 0.25) is 6.33 Å². The van der Waals surface area contributed by atoms with Gasteiger partial charge in [-0.15, -0.1) is 0 Å². The van der Waals surface area contributed by atoms with E-state index in [0.717, 1.165) is 43.2 Å². The number of hydrogen-bond acceptors (Lipinski definition) is 2. The fourth-order valence-corrected chi connectivity index (χ4v) is 8.83. The molecule has 5 aliphatic rings. The summed E-state index contributed by atoms with van der Waals surface area (Å²) in [6.45, 7) is 11.0. The minimum Gasteiger partial charge on any atom is -0.478 e. The molecule has 1 atom stereocenters. The quantitative estimate of drug-likeness (QED) is 0.302. The molecule has 0 N–H and O–H groups in total. The molecular weight excluding hydrogens is 466 g/mol. The van der Waals surface area contributed by atoms with Crippen LogP contribution in [-0.2, 0) is 11.3 Å². The van der Waals surface area contributed by atoms with Gasteiger partial charge in [0.1, 0.15) is 12.3 Å². The van der Waals surface area contributed by atoms with Crippen molar-refractivity contribution in [3.8, 4) is 5.69 Å². The highest BCUT2D eigenvalue weighted by atomic mass is 16.5. The standard InChI is InChI=1S/C34H44N3O/c1-22(2)28-8-7-9-29(23(3)4)32(28)37-21-36(30-10-5-6-11-31(30)37)13-12-27-20-38-33(35-27)34-17-24-14-25(18-34)16-26(15-24)19-34/h5-11,21-27H,12-20H2,1-4H3/q+1/t24?,25?,26?,27-,34?/m0/s1. The summed E-state index contributed by atoms with van der Waals surface area (Å²) in [4.78, 5) is 5.29. The predicted octanol–water partition coefficient (Wildman–Crippen LogP) is 7.57. The molecule has 2 heterocycles. The Morgan fingerprint density at radius 2 is 1.53 bits per heavy atom. The Bertz CT molecular complexity index is 1320. The number of para-hydroxylation sites is 3. The highest BCUT2D eigenvalue weighted by Gasteiger charge is 2.55. The molecule has 4 nitrogen and oxygen atoms in total. The number of benzene rings is 2. The molecule has 4 saturated carbocycles. The summed E-state index contributed by atoms with van der Waals surface area (Å²) >= 11 is 0. The van der Waals surface area contributed by atoms with E-state index in [1.54, 1.807) is 0 Å². The van der Waals surface area contributed by atoms with Crippen molar-refractivity contribution in [2.45, 2.75) is 97.1 Å². The summed E-state index contributed by atoms with van der Waals surface area (Å²) in [6, 6.07) is 16.0. The number of hydrogen-bond donors (Lipinski definition) is 0. The number of aliphatic imine (C=N–C) groups is 1. The van der Waals surface area contributed by atoms with Gasteiger partial charge in [-0.1, -0.05) is 58.0 Å². The van der Waals surface area contributed by atoms with Gasteiger partial charge in [-0.2, -0.15) is 4.57 Å². The lowest BCUT2D eigenvalue weighted by Crippen LogP contribution is -2.50. The average Bonchev–Trinajstić information content (AvgIpc) is 3.52. The molecule has 0 radical (unpaired) electrons. The first kappa shape index (κ1) is 24.4. The number of nitrogens with zero attached hydrogens (tertiary/aromatic N) is 3. The number of aryl methyl sites for hydroxylation is 1. The van der Waals surface area contributed by atoms with E-state index >= 15 is 0 Å². The third-order valence-electron chi connectivity index (χ3n) is 10.2. The van der Waals surface area contributed by atoms with Crippen molar-refractivity contribution >= 4 is 16.9 Å². The molecular formula is C34H44N3O+. The lowest BCUT2D eigenvalue weighted by Gasteiger charge is -2.56. The van der Waals surface area contributed by atoms with Gasteiger partial charge in [0.15, 0.2) is 16.9 Å². The van der Waals surface area contributed by atoms with Crippen LogP contribution < -0.4 is 4.57 Å². The van der Waals surface area contributed by atoms with Gasteiger partial charge in [-0.3, -0.25) is 0 Å². The van der Waals surface area contributed by atoms with E-state index in [9.17, 15) is 0 Å². The number of rotatable bonds is 7. The Morgan fingerprint density at radius 3 is 2.16 bits per heavy atom. The second-order valence-corrected chi connectivity index (χ2v) is 13.6. The topological polar surface area (TPSA) is 30.4 Å². The van der Waals surface area contributed by atoms with Gasteiger partial charge >= 0.3 is 0 Å². The largest absolute Gasteiger partial charge is 0.478 e. The van der Waals surface area contributed by atoms with E-state index in [0.29, 0.717) is 11.8 Å². The molecule has 0 spiro atoms. The number of aromatic nitrogens is 2. The summed E-state index contributed by atoms with van der Waals surface area (Å²) in [5.41, 5.74) is 7.04. The summed E-state index contributed by atoms with van der Waals surface area (Å²) in [6.07, 6.45) is 11.8. The van der Waals surface area contributed by atoms with E-state index in [2.05, 4.69) is 85.6 Å². The van der Waals surface area contributed by atoms with Crippen LogP contribution in [0.5, 0.6) is 0 Å². The zero-order chi connectivity index (χ0) is 26.0. The average molecular weight is 511 g/mol. The lowest BCUT2D eigenvalue weighted by atomic mass is 9.49. The van der Waals surface area contributed by atoms with Crippen molar-refractivity contribution < 1.29 is 9.30 Å². The Labute approximate surface area is 228 Å². The van der Waals surface area contributed by atoms with Crippen LogP contribution in [0.3, 0.4) is 0 Å². The van der Waals surface area contributed by atoms with Gasteiger partial charge in [-0.05, 0) is 80.2 Å². The summed E-state index contributed by atoms with van der Waals surface area (Å²) in [7, 11) is 0. The van der Waals surface area contributed by atoms with Gasteiger partial charge in [0, 0.05) is 23.0 Å². The fourth-order valence-electron chi connectivity index (χ4n) is 8.83. The normalized spacial score (nSPS) is 30.0. The van der Waals surface area contributed by atoms with Crippen molar-refractivity contribution in [2.75, 3.05) is 6.61 Å². The molecule has 38 heavy (non-hydrogen) atoms. The van der Waals surface area contributed by atoms with E-state index in [1.807, 2.05) is 0 Å². The summed E-state index contributed by atoms with van der Waals surface area (Å²) in [5.74, 6) is 4.85. The van der Waals surface area contributed by atoms with E-state index in [1.165, 1.54) is 66.4 Å². The monoisotopic (exact) mass is 510 g/mol.